The van der Waals surface area contributed by atoms with E-state index in [4.69, 9.17) is 17.0 Å². The highest BCUT2D eigenvalue weighted by Crippen LogP contribution is 2.29. The van der Waals surface area contributed by atoms with Crippen LogP contribution in [0.1, 0.15) is 46.5 Å². The van der Waals surface area contributed by atoms with Gasteiger partial charge in [0.2, 0.25) is 0 Å². The molecule has 1 heterocycles. The average molecular weight is 409 g/mol. The highest BCUT2D eigenvalue weighted by molar-refractivity contribution is 6.64. The summed E-state index contributed by atoms with van der Waals surface area (Å²) in [5.41, 5.74) is 2.17. The Labute approximate surface area is 163 Å². The molecule has 27 heavy (non-hydrogen) atoms. The van der Waals surface area contributed by atoms with Crippen molar-refractivity contribution in [1.29, 1.82) is 5.41 Å². The Bertz CT molecular complexity index is 602. The zero-order valence-electron chi connectivity index (χ0n) is 16.2. The van der Waals surface area contributed by atoms with Gasteiger partial charge in [0.15, 0.2) is 0 Å². The number of alkyl halides is 3. The molecular formula is C18H28ClF3N4O. The molecule has 2 N–H and O–H groups in total. The standard InChI is InChI=1S/C18H28ClF3N4O/c1-5-14(11-24-4)10-16(12(2)23)17(25-13(3)19)26-8-6-15(7-9-26)27-18(20,21)22/h11,15,23-24H,5-10H2,1-4H3/b14-11-,17-16+,23-12?,25-13?. The van der Waals surface area contributed by atoms with Gasteiger partial charge in [0.25, 0.3) is 0 Å². The van der Waals surface area contributed by atoms with Crippen LogP contribution in [-0.4, -0.2) is 48.4 Å². The molecule has 0 aromatic rings. The fourth-order valence-corrected chi connectivity index (χ4v) is 3.02. The minimum Gasteiger partial charge on any atom is -0.394 e. The van der Waals surface area contributed by atoms with Gasteiger partial charge in [0, 0.05) is 37.8 Å². The van der Waals surface area contributed by atoms with Crippen molar-refractivity contribution in [2.24, 2.45) is 4.99 Å². The molecule has 0 amide bonds. The van der Waals surface area contributed by atoms with E-state index in [1.807, 2.05) is 25.1 Å². The lowest BCUT2D eigenvalue weighted by Gasteiger charge is -2.35. The number of nitrogens with one attached hydrogen (secondary N) is 2. The topological polar surface area (TPSA) is 60.7 Å². The molecule has 0 atom stereocenters. The Morgan fingerprint density at radius 1 is 1.33 bits per heavy atom. The summed E-state index contributed by atoms with van der Waals surface area (Å²) >= 11 is 6.01. The molecular weight excluding hydrogens is 381 g/mol. The van der Waals surface area contributed by atoms with Crippen LogP contribution in [0.25, 0.3) is 0 Å². The fraction of sp³-hybridized carbons (Fsp3) is 0.667. The lowest BCUT2D eigenvalue weighted by molar-refractivity contribution is -0.345. The Kier molecular flexibility index (Phi) is 9.32. The summed E-state index contributed by atoms with van der Waals surface area (Å²) in [6, 6.07) is 0. The first-order valence-corrected chi connectivity index (χ1v) is 9.29. The molecule has 1 aliphatic heterocycles. The van der Waals surface area contributed by atoms with Gasteiger partial charge in [-0.2, -0.15) is 0 Å². The Morgan fingerprint density at radius 2 is 1.93 bits per heavy atom. The smallest absolute Gasteiger partial charge is 0.394 e. The van der Waals surface area contributed by atoms with Crippen molar-refractivity contribution >= 4 is 22.5 Å². The minimum atomic E-state index is -4.62. The minimum absolute atomic E-state index is 0.233. The van der Waals surface area contributed by atoms with Crippen molar-refractivity contribution < 1.29 is 17.9 Å². The van der Waals surface area contributed by atoms with E-state index >= 15 is 0 Å². The van der Waals surface area contributed by atoms with Crippen molar-refractivity contribution in [1.82, 2.24) is 10.2 Å². The molecule has 0 saturated carbocycles. The van der Waals surface area contributed by atoms with E-state index in [9.17, 15) is 13.2 Å². The van der Waals surface area contributed by atoms with E-state index in [1.54, 1.807) is 13.8 Å². The molecule has 154 valence electrons. The largest absolute Gasteiger partial charge is 0.522 e. The summed E-state index contributed by atoms with van der Waals surface area (Å²) in [6.45, 7) is 6.06. The molecule has 0 aromatic carbocycles. The predicted molar refractivity (Wildman–Crippen MR) is 103 cm³/mol. The zero-order chi connectivity index (χ0) is 20.6. The number of piperidine rings is 1. The Morgan fingerprint density at radius 3 is 2.33 bits per heavy atom. The van der Waals surface area contributed by atoms with Gasteiger partial charge in [-0.3, -0.25) is 4.74 Å². The fourth-order valence-electron chi connectivity index (χ4n) is 2.94. The molecule has 1 fully saturated rings. The molecule has 0 spiro atoms. The van der Waals surface area contributed by atoms with Gasteiger partial charge < -0.3 is 15.6 Å². The van der Waals surface area contributed by atoms with Crippen molar-refractivity contribution in [3.63, 3.8) is 0 Å². The number of halogens is 4. The van der Waals surface area contributed by atoms with Gasteiger partial charge in [-0.05, 0) is 39.3 Å². The number of rotatable bonds is 8. The summed E-state index contributed by atoms with van der Waals surface area (Å²) in [6.07, 6.45) is -1.80. The second kappa shape index (κ2) is 10.7. The van der Waals surface area contributed by atoms with Crippen LogP contribution < -0.4 is 5.32 Å². The molecule has 0 bridgehead atoms. The number of allylic oxidation sites excluding steroid dienone is 2. The summed E-state index contributed by atoms with van der Waals surface area (Å²) in [7, 11) is 1.81. The third-order valence-corrected chi connectivity index (χ3v) is 4.32. The van der Waals surface area contributed by atoms with E-state index in [-0.39, 0.29) is 12.8 Å². The maximum absolute atomic E-state index is 12.4. The molecule has 0 aromatic heterocycles. The van der Waals surface area contributed by atoms with Crippen LogP contribution in [0.15, 0.2) is 28.2 Å². The first-order valence-electron chi connectivity index (χ1n) is 8.91. The van der Waals surface area contributed by atoms with Gasteiger partial charge in [0.05, 0.1) is 6.10 Å². The number of hydrogen-bond acceptors (Lipinski definition) is 5. The number of hydrogen-bond donors (Lipinski definition) is 2. The molecule has 0 aliphatic carbocycles. The molecule has 1 aliphatic rings. The van der Waals surface area contributed by atoms with Crippen LogP contribution in [0.5, 0.6) is 0 Å². The summed E-state index contributed by atoms with van der Waals surface area (Å²) in [4.78, 5) is 6.30. The van der Waals surface area contributed by atoms with Gasteiger partial charge in [0.1, 0.15) is 11.0 Å². The highest BCUT2D eigenvalue weighted by atomic mass is 35.5. The third kappa shape index (κ3) is 8.34. The zero-order valence-corrected chi connectivity index (χ0v) is 17.0. The number of nitrogens with zero attached hydrogens (tertiary/aromatic N) is 2. The number of likely N-dealkylation sites (tertiary alicyclic amines) is 1. The predicted octanol–water partition coefficient (Wildman–Crippen LogP) is 4.80. The van der Waals surface area contributed by atoms with Gasteiger partial charge in [-0.15, -0.1) is 13.2 Å². The van der Waals surface area contributed by atoms with E-state index < -0.39 is 12.5 Å². The highest BCUT2D eigenvalue weighted by Gasteiger charge is 2.35. The normalized spacial score (nSPS) is 18.4. The molecule has 0 radical (unpaired) electrons. The van der Waals surface area contributed by atoms with Crippen LogP contribution >= 0.6 is 11.6 Å². The van der Waals surface area contributed by atoms with Crippen LogP contribution in [0, 0.1) is 5.41 Å². The van der Waals surface area contributed by atoms with Crippen molar-refractivity contribution in [3.8, 4) is 0 Å². The summed E-state index contributed by atoms with van der Waals surface area (Å²) in [5.74, 6) is 0.552. The van der Waals surface area contributed by atoms with E-state index in [0.29, 0.717) is 41.8 Å². The summed E-state index contributed by atoms with van der Waals surface area (Å²) in [5, 5.41) is 11.5. The second-order valence-corrected chi connectivity index (χ2v) is 6.95. The molecule has 1 saturated heterocycles. The monoisotopic (exact) mass is 408 g/mol. The third-order valence-electron chi connectivity index (χ3n) is 4.23. The molecule has 9 heteroatoms. The van der Waals surface area contributed by atoms with Crippen LogP contribution in [0.4, 0.5) is 13.2 Å². The molecule has 5 nitrogen and oxygen atoms in total. The number of aliphatic imine (C=N–C) groups is 1. The first-order chi connectivity index (χ1) is 12.6. The van der Waals surface area contributed by atoms with Crippen LogP contribution in [0.3, 0.4) is 0 Å². The average Bonchev–Trinajstić information content (AvgIpc) is 2.55. The van der Waals surface area contributed by atoms with Gasteiger partial charge >= 0.3 is 6.36 Å². The van der Waals surface area contributed by atoms with E-state index in [0.717, 1.165) is 12.0 Å². The van der Waals surface area contributed by atoms with E-state index in [1.165, 1.54) is 0 Å². The van der Waals surface area contributed by atoms with Crippen LogP contribution in [-0.2, 0) is 4.74 Å². The Balaban J connectivity index is 3.12. The number of ether oxygens (including phenoxy) is 1. The molecule has 0 unspecified atom stereocenters. The SMILES string of the molecule is CC/C(=C/NC)C/C(C(C)=N)=C(/N=C(C)Cl)N1CCC(OC(F)(F)F)CC1. The maximum Gasteiger partial charge on any atom is 0.522 e. The molecule has 1 rings (SSSR count). The van der Waals surface area contributed by atoms with Gasteiger partial charge in [-0.25, -0.2) is 4.99 Å². The Hall–Kier alpha value is -1.54. The van der Waals surface area contributed by atoms with Crippen LogP contribution in [0.2, 0.25) is 0 Å². The summed E-state index contributed by atoms with van der Waals surface area (Å²) < 4.78 is 41.4. The van der Waals surface area contributed by atoms with Gasteiger partial charge in [-0.1, -0.05) is 24.1 Å². The van der Waals surface area contributed by atoms with Crippen molar-refractivity contribution in [3.05, 3.63) is 23.2 Å². The lowest BCUT2D eigenvalue weighted by Crippen LogP contribution is -2.39. The second-order valence-electron chi connectivity index (χ2n) is 6.41. The van der Waals surface area contributed by atoms with Crippen molar-refractivity contribution in [2.75, 3.05) is 20.1 Å². The lowest BCUT2D eigenvalue weighted by atomic mass is 9.99. The quantitative estimate of drug-likeness (QED) is 0.567. The van der Waals surface area contributed by atoms with E-state index in [2.05, 4.69) is 15.0 Å². The van der Waals surface area contributed by atoms with Crippen molar-refractivity contribution in [2.45, 2.75) is 58.9 Å². The maximum atomic E-state index is 12.4. The first kappa shape index (κ1) is 23.5.